The lowest BCUT2D eigenvalue weighted by molar-refractivity contribution is 0.0129. The van der Waals surface area contributed by atoms with Gasteiger partial charge in [-0.25, -0.2) is 0 Å². The van der Waals surface area contributed by atoms with E-state index in [4.69, 9.17) is 4.74 Å². The van der Waals surface area contributed by atoms with Crippen molar-refractivity contribution in [1.29, 1.82) is 0 Å². The summed E-state index contributed by atoms with van der Waals surface area (Å²) in [6.07, 6.45) is 4.03. The SMILES string of the molecule is O=C(C[C@H]1CCCCO1)c1ccccc1. The first-order valence-corrected chi connectivity index (χ1v) is 5.56. The standard InChI is InChI=1S/C13H16O2/c14-13(11-6-2-1-3-7-11)10-12-8-4-5-9-15-12/h1-3,6-7,12H,4-5,8-10H2/t12-/m1/s1. The monoisotopic (exact) mass is 204 g/mol. The lowest BCUT2D eigenvalue weighted by Gasteiger charge is -2.21. The Bertz CT molecular complexity index is 313. The van der Waals surface area contributed by atoms with Crippen molar-refractivity contribution in [1.82, 2.24) is 0 Å². The number of carbonyl (C=O) groups excluding carboxylic acids is 1. The molecule has 0 radical (unpaired) electrons. The van der Waals surface area contributed by atoms with Crippen LogP contribution < -0.4 is 0 Å². The third-order valence-electron chi connectivity index (χ3n) is 2.78. The van der Waals surface area contributed by atoms with Crippen molar-refractivity contribution in [3.8, 4) is 0 Å². The minimum atomic E-state index is 0.145. The molecule has 1 aliphatic rings. The maximum Gasteiger partial charge on any atom is 0.165 e. The Morgan fingerprint density at radius 2 is 2.07 bits per heavy atom. The molecule has 1 atom stereocenters. The van der Waals surface area contributed by atoms with Gasteiger partial charge in [-0.3, -0.25) is 4.79 Å². The summed E-state index contributed by atoms with van der Waals surface area (Å²) in [7, 11) is 0. The Kier molecular flexibility index (Phi) is 3.51. The molecule has 0 unspecified atom stereocenters. The zero-order chi connectivity index (χ0) is 10.5. The quantitative estimate of drug-likeness (QED) is 0.708. The molecule has 80 valence electrons. The first-order chi connectivity index (χ1) is 7.36. The van der Waals surface area contributed by atoms with E-state index in [0.29, 0.717) is 6.42 Å². The molecule has 1 aromatic carbocycles. The predicted molar refractivity (Wildman–Crippen MR) is 59.0 cm³/mol. The molecule has 1 aliphatic heterocycles. The average molecular weight is 204 g/mol. The molecule has 1 aromatic rings. The molecular formula is C13H16O2. The second-order valence-electron chi connectivity index (χ2n) is 3.98. The average Bonchev–Trinajstić information content (AvgIpc) is 2.31. The Morgan fingerprint density at radius 3 is 2.73 bits per heavy atom. The molecule has 2 rings (SSSR count). The molecule has 2 nitrogen and oxygen atoms in total. The lowest BCUT2D eigenvalue weighted by Crippen LogP contribution is -2.22. The van der Waals surface area contributed by atoms with E-state index < -0.39 is 0 Å². The predicted octanol–water partition coefficient (Wildman–Crippen LogP) is 2.83. The second kappa shape index (κ2) is 5.08. The van der Waals surface area contributed by atoms with E-state index in [0.717, 1.165) is 25.0 Å². The number of benzene rings is 1. The van der Waals surface area contributed by atoms with Crippen molar-refractivity contribution in [2.45, 2.75) is 31.8 Å². The van der Waals surface area contributed by atoms with Crippen molar-refractivity contribution < 1.29 is 9.53 Å². The van der Waals surface area contributed by atoms with Crippen molar-refractivity contribution in [3.63, 3.8) is 0 Å². The van der Waals surface area contributed by atoms with Gasteiger partial charge in [-0.1, -0.05) is 30.3 Å². The van der Waals surface area contributed by atoms with Gasteiger partial charge in [0.2, 0.25) is 0 Å². The zero-order valence-electron chi connectivity index (χ0n) is 8.82. The summed E-state index contributed by atoms with van der Waals surface area (Å²) in [6, 6.07) is 9.45. The summed E-state index contributed by atoms with van der Waals surface area (Å²) in [4.78, 5) is 11.8. The Balaban J connectivity index is 1.91. The van der Waals surface area contributed by atoms with Gasteiger partial charge in [-0.05, 0) is 19.3 Å². The molecule has 15 heavy (non-hydrogen) atoms. The Morgan fingerprint density at radius 1 is 1.27 bits per heavy atom. The fourth-order valence-electron chi connectivity index (χ4n) is 1.92. The van der Waals surface area contributed by atoms with Crippen LogP contribution in [-0.4, -0.2) is 18.5 Å². The smallest absolute Gasteiger partial charge is 0.165 e. The van der Waals surface area contributed by atoms with Crippen LogP contribution in [0, 0.1) is 0 Å². The first kappa shape index (κ1) is 10.4. The van der Waals surface area contributed by atoms with Crippen LogP contribution in [0.15, 0.2) is 30.3 Å². The van der Waals surface area contributed by atoms with Crippen molar-refractivity contribution in [2.75, 3.05) is 6.61 Å². The molecule has 0 amide bonds. The van der Waals surface area contributed by atoms with Crippen molar-refractivity contribution in [2.24, 2.45) is 0 Å². The summed E-state index contributed by atoms with van der Waals surface area (Å²) in [6.45, 7) is 0.812. The minimum absolute atomic E-state index is 0.145. The van der Waals surface area contributed by atoms with Crippen LogP contribution in [0.4, 0.5) is 0 Å². The molecule has 2 heteroatoms. The summed E-state index contributed by atoms with van der Waals surface area (Å²) >= 11 is 0. The van der Waals surface area contributed by atoms with E-state index >= 15 is 0 Å². The third-order valence-corrected chi connectivity index (χ3v) is 2.78. The van der Waals surface area contributed by atoms with Crippen LogP contribution in [-0.2, 0) is 4.74 Å². The van der Waals surface area contributed by atoms with Crippen LogP contribution in [0.1, 0.15) is 36.0 Å². The van der Waals surface area contributed by atoms with Gasteiger partial charge in [0.15, 0.2) is 5.78 Å². The number of ketones is 1. The van der Waals surface area contributed by atoms with Crippen LogP contribution in [0.25, 0.3) is 0 Å². The molecule has 0 N–H and O–H groups in total. The number of Topliss-reactive ketones (excluding diaryl/α,β-unsaturated/α-hetero) is 1. The Labute approximate surface area is 90.3 Å². The molecule has 0 saturated carbocycles. The van der Waals surface area contributed by atoms with E-state index in [2.05, 4.69) is 0 Å². The van der Waals surface area contributed by atoms with Gasteiger partial charge in [0, 0.05) is 18.6 Å². The number of carbonyl (C=O) groups is 1. The number of hydrogen-bond donors (Lipinski definition) is 0. The molecule has 0 spiro atoms. The number of ether oxygens (including phenoxy) is 1. The highest BCUT2D eigenvalue weighted by Crippen LogP contribution is 2.17. The summed E-state index contributed by atoms with van der Waals surface area (Å²) in [5, 5.41) is 0. The fourth-order valence-corrected chi connectivity index (χ4v) is 1.92. The Hall–Kier alpha value is -1.15. The van der Waals surface area contributed by atoms with E-state index in [-0.39, 0.29) is 11.9 Å². The summed E-state index contributed by atoms with van der Waals surface area (Å²) in [5.41, 5.74) is 0.798. The van der Waals surface area contributed by atoms with Gasteiger partial charge < -0.3 is 4.74 Å². The van der Waals surface area contributed by atoms with E-state index in [1.54, 1.807) is 0 Å². The zero-order valence-corrected chi connectivity index (χ0v) is 8.82. The van der Waals surface area contributed by atoms with Crippen LogP contribution in [0.3, 0.4) is 0 Å². The van der Waals surface area contributed by atoms with Gasteiger partial charge in [-0.15, -0.1) is 0 Å². The topological polar surface area (TPSA) is 26.3 Å². The molecule has 0 bridgehead atoms. The minimum Gasteiger partial charge on any atom is -0.378 e. The molecule has 1 heterocycles. The lowest BCUT2D eigenvalue weighted by atomic mass is 10.0. The van der Waals surface area contributed by atoms with Crippen molar-refractivity contribution in [3.05, 3.63) is 35.9 Å². The highest BCUT2D eigenvalue weighted by Gasteiger charge is 2.18. The highest BCUT2D eigenvalue weighted by atomic mass is 16.5. The number of rotatable bonds is 3. The highest BCUT2D eigenvalue weighted by molar-refractivity contribution is 5.96. The maximum absolute atomic E-state index is 11.8. The molecule has 1 saturated heterocycles. The van der Waals surface area contributed by atoms with Crippen molar-refractivity contribution >= 4 is 5.78 Å². The molecule has 0 aromatic heterocycles. The van der Waals surface area contributed by atoms with Crippen LogP contribution >= 0.6 is 0 Å². The van der Waals surface area contributed by atoms with Crippen LogP contribution in [0.5, 0.6) is 0 Å². The maximum atomic E-state index is 11.8. The van der Waals surface area contributed by atoms with Gasteiger partial charge in [0.05, 0.1) is 6.10 Å². The van der Waals surface area contributed by atoms with E-state index in [9.17, 15) is 4.79 Å². The first-order valence-electron chi connectivity index (χ1n) is 5.56. The molecule has 0 aliphatic carbocycles. The molecule has 1 fully saturated rings. The largest absolute Gasteiger partial charge is 0.378 e. The van der Waals surface area contributed by atoms with Gasteiger partial charge >= 0.3 is 0 Å². The fraction of sp³-hybridized carbons (Fsp3) is 0.462. The van der Waals surface area contributed by atoms with Gasteiger partial charge in [-0.2, -0.15) is 0 Å². The molecular weight excluding hydrogens is 188 g/mol. The second-order valence-corrected chi connectivity index (χ2v) is 3.98. The van der Waals surface area contributed by atoms with E-state index in [1.165, 1.54) is 6.42 Å². The van der Waals surface area contributed by atoms with Gasteiger partial charge in [0.25, 0.3) is 0 Å². The normalized spacial score (nSPS) is 21.2. The third kappa shape index (κ3) is 2.90. The summed E-state index contributed by atoms with van der Waals surface area (Å²) < 4.78 is 5.55. The number of hydrogen-bond acceptors (Lipinski definition) is 2. The summed E-state index contributed by atoms with van der Waals surface area (Å²) in [5.74, 6) is 0.197. The van der Waals surface area contributed by atoms with E-state index in [1.807, 2.05) is 30.3 Å². The van der Waals surface area contributed by atoms with Crippen LogP contribution in [0.2, 0.25) is 0 Å². The van der Waals surface area contributed by atoms with Gasteiger partial charge in [0.1, 0.15) is 0 Å².